The van der Waals surface area contributed by atoms with Gasteiger partial charge in [-0.05, 0) is 74.5 Å². The zero-order chi connectivity index (χ0) is 40.3. The summed E-state index contributed by atoms with van der Waals surface area (Å²) in [6.45, 7) is 0. The van der Waals surface area contributed by atoms with Gasteiger partial charge in [0.25, 0.3) is 0 Å². The highest BCUT2D eigenvalue weighted by atomic mass is 15.0. The van der Waals surface area contributed by atoms with E-state index in [1.165, 1.54) is 54.1 Å². The SMILES string of the molecule is c1ccc(-c2nc(-c3ccc(-c4ccc5c(c4)c4ccccc4c4c5ccc5c6ccccc6n(-c6ccccc6)c54)cc3)nc(-c3ccc(-c4ccccn4)cc3)n2)cc1. The maximum Gasteiger partial charge on any atom is 0.164 e. The summed E-state index contributed by atoms with van der Waals surface area (Å²) in [7, 11) is 0. The Balaban J connectivity index is 0.972. The summed E-state index contributed by atoms with van der Waals surface area (Å²) in [6, 6.07) is 72.8. The predicted molar refractivity (Wildman–Crippen MR) is 252 cm³/mol. The molecule has 9 aromatic carbocycles. The van der Waals surface area contributed by atoms with Gasteiger partial charge in [0.15, 0.2) is 17.5 Å². The van der Waals surface area contributed by atoms with Crippen molar-refractivity contribution in [2.45, 2.75) is 0 Å². The topological polar surface area (TPSA) is 56.5 Å². The average Bonchev–Trinajstić information content (AvgIpc) is 3.69. The molecule has 0 atom stereocenters. The third kappa shape index (κ3) is 5.86. The Bertz CT molecular complexity index is 3580. The van der Waals surface area contributed by atoms with Crippen LogP contribution in [0.1, 0.15) is 0 Å². The zero-order valence-corrected chi connectivity index (χ0v) is 32.9. The predicted octanol–water partition coefficient (Wildman–Crippen LogP) is 14.2. The van der Waals surface area contributed by atoms with Crippen molar-refractivity contribution in [3.05, 3.63) is 212 Å². The van der Waals surface area contributed by atoms with Crippen LogP contribution in [0.2, 0.25) is 0 Å². The minimum absolute atomic E-state index is 0.621. The Kier molecular flexibility index (Phi) is 8.10. The Morgan fingerprint density at radius 1 is 0.311 bits per heavy atom. The number of aromatic nitrogens is 5. The molecule has 284 valence electrons. The first-order valence-electron chi connectivity index (χ1n) is 20.6. The first-order chi connectivity index (χ1) is 30.2. The molecule has 5 nitrogen and oxygen atoms in total. The van der Waals surface area contributed by atoms with Crippen LogP contribution in [0.15, 0.2) is 212 Å². The lowest BCUT2D eigenvalue weighted by Crippen LogP contribution is -2.00. The molecule has 3 heterocycles. The molecule has 0 fully saturated rings. The van der Waals surface area contributed by atoms with Crippen LogP contribution < -0.4 is 0 Å². The summed E-state index contributed by atoms with van der Waals surface area (Å²) >= 11 is 0. The van der Waals surface area contributed by atoms with Crippen LogP contribution in [-0.2, 0) is 0 Å². The van der Waals surface area contributed by atoms with E-state index in [4.69, 9.17) is 15.0 Å². The molecule has 0 saturated carbocycles. The van der Waals surface area contributed by atoms with Gasteiger partial charge in [-0.25, -0.2) is 15.0 Å². The molecule has 0 bridgehead atoms. The lowest BCUT2D eigenvalue weighted by atomic mass is 9.91. The van der Waals surface area contributed by atoms with E-state index >= 15 is 0 Å². The molecule has 0 N–H and O–H groups in total. The van der Waals surface area contributed by atoms with Gasteiger partial charge in [0, 0.05) is 50.3 Å². The van der Waals surface area contributed by atoms with Gasteiger partial charge in [0.05, 0.1) is 16.7 Å². The number of para-hydroxylation sites is 2. The maximum atomic E-state index is 5.03. The van der Waals surface area contributed by atoms with Crippen molar-refractivity contribution in [1.82, 2.24) is 24.5 Å². The Labute approximate surface area is 351 Å². The van der Waals surface area contributed by atoms with Crippen molar-refractivity contribution >= 4 is 54.1 Å². The van der Waals surface area contributed by atoms with Crippen LogP contribution >= 0.6 is 0 Å². The van der Waals surface area contributed by atoms with E-state index in [0.29, 0.717) is 17.5 Å². The minimum atomic E-state index is 0.621. The third-order valence-electron chi connectivity index (χ3n) is 11.9. The van der Waals surface area contributed by atoms with Gasteiger partial charge < -0.3 is 4.57 Å². The van der Waals surface area contributed by atoms with Crippen molar-refractivity contribution in [1.29, 1.82) is 0 Å². The molecule has 0 aliphatic heterocycles. The molecule has 0 unspecified atom stereocenters. The molecule has 5 heteroatoms. The number of pyridine rings is 1. The Morgan fingerprint density at radius 3 is 1.49 bits per heavy atom. The maximum absolute atomic E-state index is 5.03. The monoisotopic (exact) mass is 777 g/mol. The number of fused-ring (bicyclic) bond motifs is 10. The lowest BCUT2D eigenvalue weighted by molar-refractivity contribution is 1.07. The van der Waals surface area contributed by atoms with Gasteiger partial charge in [0.1, 0.15) is 0 Å². The van der Waals surface area contributed by atoms with Gasteiger partial charge in [-0.3, -0.25) is 4.98 Å². The summed E-state index contributed by atoms with van der Waals surface area (Å²) in [6.07, 6.45) is 1.81. The van der Waals surface area contributed by atoms with Crippen molar-refractivity contribution < 1.29 is 0 Å². The fraction of sp³-hybridized carbons (Fsp3) is 0. The molecule has 0 radical (unpaired) electrons. The fourth-order valence-corrected chi connectivity index (χ4v) is 9.00. The second-order valence-corrected chi connectivity index (χ2v) is 15.4. The largest absolute Gasteiger partial charge is 0.309 e. The number of nitrogens with zero attached hydrogens (tertiary/aromatic N) is 5. The highest BCUT2D eigenvalue weighted by Gasteiger charge is 2.19. The number of rotatable bonds is 6. The highest BCUT2D eigenvalue weighted by molar-refractivity contribution is 6.33. The molecule has 12 aromatic rings. The molecule has 0 spiro atoms. The van der Waals surface area contributed by atoms with E-state index in [9.17, 15) is 0 Å². The van der Waals surface area contributed by atoms with E-state index < -0.39 is 0 Å². The molecule has 0 aliphatic carbocycles. The van der Waals surface area contributed by atoms with Crippen molar-refractivity contribution in [3.63, 3.8) is 0 Å². The molecular weight excluding hydrogens is 743 g/mol. The molecule has 3 aromatic heterocycles. The van der Waals surface area contributed by atoms with Crippen LogP contribution in [0.5, 0.6) is 0 Å². The molecule has 12 rings (SSSR count). The lowest BCUT2D eigenvalue weighted by Gasteiger charge is -2.15. The summed E-state index contributed by atoms with van der Waals surface area (Å²) in [5.74, 6) is 1.88. The molecular formula is C56H35N5. The van der Waals surface area contributed by atoms with Crippen LogP contribution in [0.3, 0.4) is 0 Å². The van der Waals surface area contributed by atoms with Crippen LogP contribution in [0, 0.1) is 0 Å². The molecule has 0 amide bonds. The Morgan fingerprint density at radius 2 is 0.803 bits per heavy atom. The highest BCUT2D eigenvalue weighted by Crippen LogP contribution is 2.44. The van der Waals surface area contributed by atoms with Crippen LogP contribution in [0.4, 0.5) is 0 Å². The van der Waals surface area contributed by atoms with Crippen molar-refractivity contribution in [3.8, 4) is 62.2 Å². The van der Waals surface area contributed by atoms with E-state index in [2.05, 4.69) is 167 Å². The summed E-state index contributed by atoms with van der Waals surface area (Å²) in [5, 5.41) is 9.98. The zero-order valence-electron chi connectivity index (χ0n) is 32.9. The average molecular weight is 778 g/mol. The van der Waals surface area contributed by atoms with Gasteiger partial charge in [-0.2, -0.15) is 0 Å². The van der Waals surface area contributed by atoms with E-state index in [1.54, 1.807) is 0 Å². The second-order valence-electron chi connectivity index (χ2n) is 15.4. The van der Waals surface area contributed by atoms with E-state index in [-0.39, 0.29) is 0 Å². The smallest absolute Gasteiger partial charge is 0.164 e. The summed E-state index contributed by atoms with van der Waals surface area (Å²) in [4.78, 5) is 19.5. The number of hydrogen-bond donors (Lipinski definition) is 0. The standard InChI is InChI=1S/C56H35N5/c1-3-13-38(14-4-1)54-58-55(60-56(59-54)40-28-24-37(25-29-40)50-20-11-12-34-57-50)39-26-22-36(23-27-39)41-30-31-44-47-32-33-48-45-18-9-10-21-51(45)61(42-15-5-2-6-16-42)53(48)52(47)46-19-8-7-17-43(46)49(44)35-41/h1-35H. The van der Waals surface area contributed by atoms with Crippen LogP contribution in [-0.4, -0.2) is 24.5 Å². The van der Waals surface area contributed by atoms with Gasteiger partial charge in [-0.1, -0.05) is 170 Å². The van der Waals surface area contributed by atoms with E-state index in [1.807, 2.05) is 54.7 Å². The number of benzene rings is 9. The number of hydrogen-bond acceptors (Lipinski definition) is 4. The first kappa shape index (κ1) is 34.7. The molecule has 0 saturated heterocycles. The summed E-state index contributed by atoms with van der Waals surface area (Å²) in [5.41, 5.74) is 10.6. The Hall–Kier alpha value is -8.28. The molecule has 61 heavy (non-hydrogen) atoms. The normalized spacial score (nSPS) is 11.6. The van der Waals surface area contributed by atoms with Gasteiger partial charge >= 0.3 is 0 Å². The van der Waals surface area contributed by atoms with Gasteiger partial charge in [0.2, 0.25) is 0 Å². The summed E-state index contributed by atoms with van der Waals surface area (Å²) < 4.78 is 2.44. The fourth-order valence-electron chi connectivity index (χ4n) is 9.00. The van der Waals surface area contributed by atoms with E-state index in [0.717, 1.165) is 44.8 Å². The first-order valence-corrected chi connectivity index (χ1v) is 20.6. The molecule has 0 aliphatic rings. The quantitative estimate of drug-likeness (QED) is 0.158. The minimum Gasteiger partial charge on any atom is -0.309 e. The third-order valence-corrected chi connectivity index (χ3v) is 11.9. The van der Waals surface area contributed by atoms with Crippen LogP contribution in [0.25, 0.3) is 116 Å². The van der Waals surface area contributed by atoms with Crippen molar-refractivity contribution in [2.75, 3.05) is 0 Å². The van der Waals surface area contributed by atoms with Gasteiger partial charge in [-0.15, -0.1) is 0 Å². The second kappa shape index (κ2) is 14.2. The van der Waals surface area contributed by atoms with Crippen molar-refractivity contribution in [2.24, 2.45) is 0 Å².